The van der Waals surface area contributed by atoms with Crippen molar-refractivity contribution in [1.29, 1.82) is 5.26 Å². The van der Waals surface area contributed by atoms with Gasteiger partial charge in [-0.25, -0.2) is 13.6 Å². The van der Waals surface area contributed by atoms with Crippen molar-refractivity contribution in [2.75, 3.05) is 13.6 Å². The van der Waals surface area contributed by atoms with Gasteiger partial charge < -0.3 is 4.74 Å². The molecule has 0 radical (unpaired) electrons. The van der Waals surface area contributed by atoms with Crippen LogP contribution in [-0.2, 0) is 0 Å². The summed E-state index contributed by atoms with van der Waals surface area (Å²) in [5.41, 5.74) is 0. The highest BCUT2D eigenvalue weighted by Gasteiger charge is 2.13. The summed E-state index contributed by atoms with van der Waals surface area (Å²) in [4.78, 5) is 12.2. The van der Waals surface area contributed by atoms with E-state index in [1.165, 1.54) is 7.05 Å². The molecule has 1 amide bonds. The second kappa shape index (κ2) is 5.07. The third-order valence-corrected chi connectivity index (χ3v) is 1.71. The van der Waals surface area contributed by atoms with E-state index in [2.05, 4.69) is 4.74 Å². The zero-order valence-corrected chi connectivity index (χ0v) is 8.41. The van der Waals surface area contributed by atoms with E-state index in [-0.39, 0.29) is 12.3 Å². The van der Waals surface area contributed by atoms with Crippen molar-refractivity contribution in [2.24, 2.45) is 0 Å². The topological polar surface area (TPSA) is 53.3 Å². The molecule has 0 aliphatic rings. The fourth-order valence-electron chi connectivity index (χ4n) is 0.901. The molecule has 0 fully saturated rings. The molecule has 0 atom stereocenters. The van der Waals surface area contributed by atoms with E-state index < -0.39 is 17.7 Å². The van der Waals surface area contributed by atoms with Gasteiger partial charge in [-0.05, 0) is 12.1 Å². The number of nitriles is 1. The van der Waals surface area contributed by atoms with Crippen molar-refractivity contribution in [3.05, 3.63) is 29.8 Å². The van der Waals surface area contributed by atoms with E-state index in [0.29, 0.717) is 6.07 Å². The first kappa shape index (κ1) is 11.9. The Morgan fingerprint density at radius 3 is 2.81 bits per heavy atom. The first-order valence-corrected chi connectivity index (χ1v) is 4.29. The van der Waals surface area contributed by atoms with Gasteiger partial charge in [-0.15, -0.1) is 0 Å². The van der Waals surface area contributed by atoms with Crippen LogP contribution < -0.4 is 4.74 Å². The van der Waals surface area contributed by atoms with Crippen LogP contribution in [0.3, 0.4) is 0 Å². The minimum atomic E-state index is -0.973. The third-order valence-electron chi connectivity index (χ3n) is 1.71. The van der Waals surface area contributed by atoms with E-state index in [0.717, 1.165) is 17.0 Å². The van der Waals surface area contributed by atoms with Gasteiger partial charge in [-0.1, -0.05) is 0 Å². The van der Waals surface area contributed by atoms with Crippen LogP contribution in [0.25, 0.3) is 0 Å². The summed E-state index contributed by atoms with van der Waals surface area (Å²) in [5, 5.41) is 8.32. The number of carbonyl (C=O) groups excluding carboxylic acids is 1. The Morgan fingerprint density at radius 2 is 2.25 bits per heavy atom. The van der Waals surface area contributed by atoms with Crippen molar-refractivity contribution in [3.63, 3.8) is 0 Å². The number of amides is 1. The Balaban J connectivity index is 2.74. The van der Waals surface area contributed by atoms with Gasteiger partial charge in [0.1, 0.15) is 12.4 Å². The van der Waals surface area contributed by atoms with Crippen LogP contribution in [0.5, 0.6) is 5.75 Å². The summed E-state index contributed by atoms with van der Waals surface area (Å²) >= 11 is 0. The molecular weight excluding hydrogens is 218 g/mol. The highest BCUT2D eigenvalue weighted by Crippen LogP contribution is 2.18. The Morgan fingerprint density at radius 1 is 1.56 bits per heavy atom. The molecule has 0 heterocycles. The van der Waals surface area contributed by atoms with Gasteiger partial charge in [-0.2, -0.15) is 5.26 Å². The van der Waals surface area contributed by atoms with Crippen LogP contribution in [0, 0.1) is 23.0 Å². The Kier molecular flexibility index (Phi) is 3.78. The van der Waals surface area contributed by atoms with Crippen LogP contribution in [-0.4, -0.2) is 24.6 Å². The maximum Gasteiger partial charge on any atom is 0.415 e. The lowest BCUT2D eigenvalue weighted by molar-refractivity contribution is 0.165. The number of carbonyl (C=O) groups is 1. The molecule has 1 rings (SSSR count). The molecule has 0 unspecified atom stereocenters. The van der Waals surface area contributed by atoms with Crippen LogP contribution in [0.1, 0.15) is 0 Å². The molecular formula is C10H8F2N2O2. The predicted octanol–water partition coefficient (Wildman–Crippen LogP) is 1.92. The predicted molar refractivity (Wildman–Crippen MR) is 50.6 cm³/mol. The molecule has 0 saturated carbocycles. The summed E-state index contributed by atoms with van der Waals surface area (Å²) < 4.78 is 30.2. The molecule has 1 aromatic rings. The molecule has 0 bridgehead atoms. The normalized spacial score (nSPS) is 9.38. The van der Waals surface area contributed by atoms with Crippen LogP contribution in [0.15, 0.2) is 18.2 Å². The van der Waals surface area contributed by atoms with Gasteiger partial charge in [0.2, 0.25) is 0 Å². The smallest absolute Gasteiger partial charge is 0.407 e. The molecule has 4 nitrogen and oxygen atoms in total. The molecule has 0 aromatic heterocycles. The standard InChI is InChI=1S/C10H8F2N2O2/c1-14(5-4-13)10(15)16-9-3-2-7(11)6-8(9)12/h2-3,6H,5H2,1H3. The van der Waals surface area contributed by atoms with Crippen molar-refractivity contribution in [3.8, 4) is 11.8 Å². The first-order valence-electron chi connectivity index (χ1n) is 4.29. The fraction of sp³-hybridized carbons (Fsp3) is 0.200. The highest BCUT2D eigenvalue weighted by atomic mass is 19.1. The minimum absolute atomic E-state index is 0.179. The largest absolute Gasteiger partial charge is 0.415 e. The van der Waals surface area contributed by atoms with Gasteiger partial charge >= 0.3 is 6.09 Å². The lowest BCUT2D eigenvalue weighted by Gasteiger charge is -2.13. The number of benzene rings is 1. The lowest BCUT2D eigenvalue weighted by Crippen LogP contribution is -2.30. The van der Waals surface area contributed by atoms with E-state index in [1.807, 2.05) is 0 Å². The van der Waals surface area contributed by atoms with Crippen molar-refractivity contribution < 1.29 is 18.3 Å². The number of nitrogens with zero attached hydrogens (tertiary/aromatic N) is 2. The molecule has 0 aliphatic heterocycles. The first-order chi connectivity index (χ1) is 7.54. The molecule has 0 aliphatic carbocycles. The van der Waals surface area contributed by atoms with Gasteiger partial charge in [0.05, 0.1) is 6.07 Å². The summed E-state index contributed by atoms with van der Waals surface area (Å²) in [6, 6.07) is 4.30. The van der Waals surface area contributed by atoms with Crippen LogP contribution >= 0.6 is 0 Å². The molecule has 0 N–H and O–H groups in total. The second-order valence-corrected chi connectivity index (χ2v) is 2.96. The zero-order chi connectivity index (χ0) is 12.1. The molecule has 16 heavy (non-hydrogen) atoms. The van der Waals surface area contributed by atoms with Gasteiger partial charge in [-0.3, -0.25) is 4.90 Å². The second-order valence-electron chi connectivity index (χ2n) is 2.96. The van der Waals surface area contributed by atoms with E-state index in [1.54, 1.807) is 6.07 Å². The van der Waals surface area contributed by atoms with E-state index in [9.17, 15) is 13.6 Å². The number of halogens is 2. The van der Waals surface area contributed by atoms with E-state index in [4.69, 9.17) is 5.26 Å². The number of ether oxygens (including phenoxy) is 1. The molecule has 1 aromatic carbocycles. The van der Waals surface area contributed by atoms with Crippen molar-refractivity contribution in [2.45, 2.75) is 0 Å². The lowest BCUT2D eigenvalue weighted by atomic mass is 10.3. The SMILES string of the molecule is CN(CC#N)C(=O)Oc1ccc(F)cc1F. The summed E-state index contributed by atoms with van der Waals surface area (Å²) in [6.45, 7) is -0.179. The molecule has 84 valence electrons. The summed E-state index contributed by atoms with van der Waals surface area (Å²) in [7, 11) is 1.33. The Labute approximate surface area is 90.6 Å². The third kappa shape index (κ3) is 2.92. The summed E-state index contributed by atoms with van der Waals surface area (Å²) in [6.07, 6.45) is -0.882. The van der Waals surface area contributed by atoms with Crippen molar-refractivity contribution in [1.82, 2.24) is 4.90 Å². The number of hydrogen-bond acceptors (Lipinski definition) is 3. The fourth-order valence-corrected chi connectivity index (χ4v) is 0.901. The highest BCUT2D eigenvalue weighted by molar-refractivity contribution is 5.70. The van der Waals surface area contributed by atoms with E-state index >= 15 is 0 Å². The average Bonchev–Trinajstić information content (AvgIpc) is 2.22. The van der Waals surface area contributed by atoms with Gasteiger partial charge in [0.15, 0.2) is 11.6 Å². The quantitative estimate of drug-likeness (QED) is 0.724. The van der Waals surface area contributed by atoms with Gasteiger partial charge in [0, 0.05) is 13.1 Å². The van der Waals surface area contributed by atoms with Gasteiger partial charge in [0.25, 0.3) is 0 Å². The molecule has 0 spiro atoms. The van der Waals surface area contributed by atoms with Crippen LogP contribution in [0.2, 0.25) is 0 Å². The average molecular weight is 226 g/mol. The van der Waals surface area contributed by atoms with Crippen molar-refractivity contribution >= 4 is 6.09 Å². The maximum absolute atomic E-state index is 13.1. The Hall–Kier alpha value is -2.16. The molecule has 0 saturated heterocycles. The molecule has 6 heteroatoms. The maximum atomic E-state index is 13.1. The minimum Gasteiger partial charge on any atom is -0.407 e. The Bertz CT molecular complexity index is 443. The number of hydrogen-bond donors (Lipinski definition) is 0. The number of rotatable bonds is 2. The zero-order valence-electron chi connectivity index (χ0n) is 8.41. The monoisotopic (exact) mass is 226 g/mol. The van der Waals surface area contributed by atoms with Crippen LogP contribution in [0.4, 0.5) is 13.6 Å². The summed E-state index contributed by atoms with van der Waals surface area (Å²) in [5.74, 6) is -2.11.